The Balaban J connectivity index is 1.76. The first kappa shape index (κ1) is 17.9. The molecule has 3 rings (SSSR count). The molecule has 0 aliphatic carbocycles. The number of furan rings is 1. The van der Waals surface area contributed by atoms with Crippen molar-refractivity contribution in [2.45, 2.75) is 20.4 Å². The Labute approximate surface area is 155 Å². The fraction of sp³-hybridized carbons (Fsp3) is 0.211. The number of hydrogen-bond acceptors (Lipinski definition) is 5. The number of thiazole rings is 1. The fourth-order valence-corrected chi connectivity index (χ4v) is 3.57. The molecule has 0 saturated heterocycles. The lowest BCUT2D eigenvalue weighted by Gasteiger charge is -2.16. The van der Waals surface area contributed by atoms with Crippen LogP contribution in [0.25, 0.3) is 10.8 Å². The molecule has 2 heterocycles. The van der Waals surface area contributed by atoms with Crippen LogP contribution in [0, 0.1) is 13.8 Å². The van der Waals surface area contributed by atoms with Gasteiger partial charge in [-0.15, -0.1) is 11.3 Å². The third kappa shape index (κ3) is 3.67. The first-order chi connectivity index (χ1) is 12.3. The van der Waals surface area contributed by atoms with Crippen LogP contribution in [-0.4, -0.2) is 28.7 Å². The van der Waals surface area contributed by atoms with Crippen LogP contribution in [0.2, 0.25) is 0 Å². The van der Waals surface area contributed by atoms with E-state index in [-0.39, 0.29) is 5.91 Å². The molecule has 2 aromatic heterocycles. The van der Waals surface area contributed by atoms with Crippen molar-refractivity contribution in [2.24, 2.45) is 5.73 Å². The van der Waals surface area contributed by atoms with Crippen molar-refractivity contribution in [3.63, 3.8) is 0 Å². The number of hydrogen-bond donors (Lipinski definition) is 1. The van der Waals surface area contributed by atoms with Gasteiger partial charge in [-0.05, 0) is 43.7 Å². The highest BCUT2D eigenvalue weighted by atomic mass is 32.1. The molecular weight excluding hydrogens is 350 g/mol. The first-order valence-electron chi connectivity index (χ1n) is 8.03. The molecule has 0 fully saturated rings. The predicted octanol–water partition coefficient (Wildman–Crippen LogP) is 3.39. The fourth-order valence-electron chi connectivity index (χ4n) is 2.54. The van der Waals surface area contributed by atoms with E-state index < -0.39 is 5.91 Å². The maximum atomic E-state index is 12.8. The van der Waals surface area contributed by atoms with Gasteiger partial charge in [0.05, 0.1) is 5.69 Å². The summed E-state index contributed by atoms with van der Waals surface area (Å²) in [6, 6.07) is 10.6. The quantitative estimate of drug-likeness (QED) is 0.746. The van der Waals surface area contributed by atoms with Crippen LogP contribution in [-0.2, 0) is 6.54 Å². The third-order valence-electron chi connectivity index (χ3n) is 3.95. The topological polar surface area (TPSA) is 89.4 Å². The van der Waals surface area contributed by atoms with Gasteiger partial charge in [0, 0.05) is 19.2 Å². The number of carbonyl (C=O) groups excluding carboxylic acids is 2. The summed E-state index contributed by atoms with van der Waals surface area (Å²) in [5, 5.41) is 0.693. The molecule has 0 spiro atoms. The van der Waals surface area contributed by atoms with Crippen molar-refractivity contribution < 1.29 is 14.0 Å². The summed E-state index contributed by atoms with van der Waals surface area (Å²) in [6.45, 7) is 4.11. The number of nitrogens with zero attached hydrogens (tertiary/aromatic N) is 2. The molecule has 3 aromatic rings. The second-order valence-corrected chi connectivity index (χ2v) is 7.07. The van der Waals surface area contributed by atoms with Crippen molar-refractivity contribution in [3.05, 3.63) is 63.9 Å². The van der Waals surface area contributed by atoms with E-state index in [4.69, 9.17) is 10.2 Å². The molecule has 1 aromatic carbocycles. The third-order valence-corrected chi connectivity index (χ3v) is 5.11. The van der Waals surface area contributed by atoms with Crippen LogP contribution in [0.5, 0.6) is 0 Å². The van der Waals surface area contributed by atoms with Gasteiger partial charge in [0.2, 0.25) is 5.91 Å². The lowest BCUT2D eigenvalue weighted by atomic mass is 10.1. The Morgan fingerprint density at radius 1 is 1.15 bits per heavy atom. The van der Waals surface area contributed by atoms with Gasteiger partial charge in [-0.1, -0.05) is 12.1 Å². The Hall–Kier alpha value is -2.93. The van der Waals surface area contributed by atoms with Crippen molar-refractivity contribution in [3.8, 4) is 10.8 Å². The van der Waals surface area contributed by atoms with Crippen molar-refractivity contribution >= 4 is 23.2 Å². The van der Waals surface area contributed by atoms with Crippen LogP contribution < -0.4 is 5.73 Å². The molecule has 2 N–H and O–H groups in total. The van der Waals surface area contributed by atoms with Gasteiger partial charge in [-0.3, -0.25) is 9.59 Å². The molecule has 2 amide bonds. The molecular formula is C19H19N3O3S. The van der Waals surface area contributed by atoms with E-state index in [9.17, 15) is 9.59 Å². The van der Waals surface area contributed by atoms with E-state index in [0.717, 1.165) is 11.3 Å². The second kappa shape index (κ2) is 7.13. The lowest BCUT2D eigenvalue weighted by Crippen LogP contribution is -2.26. The lowest BCUT2D eigenvalue weighted by molar-refractivity contribution is 0.0788. The molecule has 6 nitrogen and oxygen atoms in total. The van der Waals surface area contributed by atoms with E-state index in [1.54, 1.807) is 36.2 Å². The zero-order valence-corrected chi connectivity index (χ0v) is 15.6. The van der Waals surface area contributed by atoms with Gasteiger partial charge in [-0.2, -0.15) is 0 Å². The molecule has 0 radical (unpaired) electrons. The average molecular weight is 369 g/mol. The molecule has 0 aliphatic heterocycles. The van der Waals surface area contributed by atoms with Crippen LogP contribution >= 0.6 is 11.3 Å². The normalized spacial score (nSPS) is 10.7. The summed E-state index contributed by atoms with van der Waals surface area (Å²) in [6.07, 6.45) is 0. The smallest absolute Gasteiger partial charge is 0.265 e. The standard InChI is InChI=1S/C19H19N3O3S/c1-11-4-9-15(25-11)18-21-12(2)16(26-18)19(24)22(3)10-13-5-7-14(8-6-13)17(20)23/h4-9H,10H2,1-3H3,(H2,20,23). The van der Waals surface area contributed by atoms with E-state index in [1.807, 2.05) is 26.0 Å². The minimum absolute atomic E-state index is 0.103. The summed E-state index contributed by atoms with van der Waals surface area (Å²) < 4.78 is 5.59. The van der Waals surface area contributed by atoms with Gasteiger partial charge in [0.1, 0.15) is 10.6 Å². The number of amides is 2. The van der Waals surface area contributed by atoms with Crippen molar-refractivity contribution in [1.29, 1.82) is 0 Å². The largest absolute Gasteiger partial charge is 0.459 e. The van der Waals surface area contributed by atoms with Crippen molar-refractivity contribution in [1.82, 2.24) is 9.88 Å². The summed E-state index contributed by atoms with van der Waals surface area (Å²) in [4.78, 5) is 30.6. The molecule has 0 aliphatic rings. The Morgan fingerprint density at radius 2 is 1.85 bits per heavy atom. The monoisotopic (exact) mass is 369 g/mol. The number of nitrogens with two attached hydrogens (primary N) is 1. The van der Waals surface area contributed by atoms with Crippen LogP contribution in [0.4, 0.5) is 0 Å². The molecule has 0 atom stereocenters. The molecule has 0 bridgehead atoms. The number of rotatable bonds is 5. The van der Waals surface area contributed by atoms with Gasteiger partial charge >= 0.3 is 0 Å². The van der Waals surface area contributed by atoms with Gasteiger partial charge < -0.3 is 15.1 Å². The minimum Gasteiger partial charge on any atom is -0.459 e. The highest BCUT2D eigenvalue weighted by Gasteiger charge is 2.21. The molecule has 7 heteroatoms. The Kier molecular flexibility index (Phi) is 4.90. The van der Waals surface area contributed by atoms with Crippen LogP contribution in [0.3, 0.4) is 0 Å². The van der Waals surface area contributed by atoms with E-state index in [1.165, 1.54) is 11.3 Å². The summed E-state index contributed by atoms with van der Waals surface area (Å²) >= 11 is 1.32. The van der Waals surface area contributed by atoms with Gasteiger partial charge in [-0.25, -0.2) is 4.98 Å². The Bertz CT molecular complexity index is 957. The maximum absolute atomic E-state index is 12.8. The van der Waals surface area contributed by atoms with Crippen LogP contribution in [0.1, 0.15) is 37.0 Å². The average Bonchev–Trinajstić information content (AvgIpc) is 3.20. The number of aromatic nitrogens is 1. The van der Waals surface area contributed by atoms with Gasteiger partial charge in [0.15, 0.2) is 10.8 Å². The molecule has 0 unspecified atom stereocenters. The SMILES string of the molecule is Cc1ccc(-c2nc(C)c(C(=O)N(C)Cc3ccc(C(N)=O)cc3)s2)o1. The molecule has 0 saturated carbocycles. The zero-order valence-electron chi connectivity index (χ0n) is 14.8. The maximum Gasteiger partial charge on any atom is 0.265 e. The molecule has 134 valence electrons. The van der Waals surface area contributed by atoms with E-state index in [2.05, 4.69) is 4.98 Å². The summed E-state index contributed by atoms with van der Waals surface area (Å²) in [5.41, 5.74) is 7.28. The highest BCUT2D eigenvalue weighted by molar-refractivity contribution is 7.17. The number of primary amides is 1. The molecule has 26 heavy (non-hydrogen) atoms. The predicted molar refractivity (Wildman–Crippen MR) is 100 cm³/mol. The number of benzene rings is 1. The van der Waals surface area contributed by atoms with E-state index in [0.29, 0.717) is 33.4 Å². The zero-order chi connectivity index (χ0) is 18.8. The Morgan fingerprint density at radius 3 is 2.42 bits per heavy atom. The number of carbonyl (C=O) groups is 2. The highest BCUT2D eigenvalue weighted by Crippen LogP contribution is 2.30. The summed E-state index contributed by atoms with van der Waals surface area (Å²) in [7, 11) is 1.74. The first-order valence-corrected chi connectivity index (χ1v) is 8.85. The van der Waals surface area contributed by atoms with Crippen molar-refractivity contribution in [2.75, 3.05) is 7.05 Å². The minimum atomic E-state index is -0.470. The second-order valence-electron chi connectivity index (χ2n) is 6.07. The van der Waals surface area contributed by atoms with Crippen LogP contribution in [0.15, 0.2) is 40.8 Å². The summed E-state index contributed by atoms with van der Waals surface area (Å²) in [5.74, 6) is 0.895. The van der Waals surface area contributed by atoms with E-state index >= 15 is 0 Å². The van der Waals surface area contributed by atoms with Gasteiger partial charge in [0.25, 0.3) is 5.91 Å². The number of aryl methyl sites for hydroxylation is 2.